The number of unbranched alkanes of at least 4 members (excludes halogenated alkanes) is 1. The van der Waals surface area contributed by atoms with Crippen LogP contribution in [-0.2, 0) is 17.8 Å². The van der Waals surface area contributed by atoms with Crippen LogP contribution in [0.1, 0.15) is 62.4 Å². The number of nitrogens with one attached hydrogen (secondary N) is 1. The molecule has 0 bridgehead atoms. The first-order valence-corrected chi connectivity index (χ1v) is 10.1. The highest BCUT2D eigenvalue weighted by Crippen LogP contribution is 2.35. The molecule has 1 aliphatic rings. The van der Waals surface area contributed by atoms with Gasteiger partial charge in [0.1, 0.15) is 0 Å². The van der Waals surface area contributed by atoms with Crippen LogP contribution >= 0.6 is 24.0 Å². The monoisotopic (exact) mass is 424 g/mol. The molecular weight excluding hydrogens is 395 g/mol. The van der Waals surface area contributed by atoms with Crippen molar-refractivity contribution in [1.29, 1.82) is 0 Å². The zero-order chi connectivity index (χ0) is 19.4. The number of hydrogen-bond donors (Lipinski definition) is 2. The van der Waals surface area contributed by atoms with Gasteiger partial charge in [0, 0.05) is 42.5 Å². The fourth-order valence-corrected chi connectivity index (χ4v) is 4.19. The number of fused-ring (bicyclic) bond motifs is 1. The summed E-state index contributed by atoms with van der Waals surface area (Å²) in [5, 5.41) is 10.1. The lowest BCUT2D eigenvalue weighted by molar-refractivity contribution is -0.147. The van der Waals surface area contributed by atoms with Crippen LogP contribution < -0.4 is 0 Å². The van der Waals surface area contributed by atoms with Crippen molar-refractivity contribution >= 4 is 30.0 Å². The van der Waals surface area contributed by atoms with Crippen molar-refractivity contribution < 1.29 is 9.90 Å². The third-order valence-corrected chi connectivity index (χ3v) is 6.11. The second-order valence-corrected chi connectivity index (χ2v) is 8.58. The van der Waals surface area contributed by atoms with Gasteiger partial charge in [0.05, 0.1) is 5.41 Å². The van der Waals surface area contributed by atoms with E-state index < -0.39 is 11.4 Å². The number of aliphatic carboxylic acids is 1. The molecule has 6 heteroatoms. The Hall–Kier alpha value is -1.49. The van der Waals surface area contributed by atoms with E-state index in [1.165, 1.54) is 16.8 Å². The number of nitrogens with zero attached hydrogens (tertiary/aromatic N) is 1. The molecule has 2 N–H and O–H groups in total. The summed E-state index contributed by atoms with van der Waals surface area (Å²) in [5.74, 6) is -0.721. The van der Waals surface area contributed by atoms with Gasteiger partial charge < -0.3 is 10.1 Å². The van der Waals surface area contributed by atoms with E-state index in [0.29, 0.717) is 6.42 Å². The number of hydrogen-bond acceptors (Lipinski definition) is 2. The summed E-state index contributed by atoms with van der Waals surface area (Å²) in [4.78, 5) is 17.2. The van der Waals surface area contributed by atoms with E-state index in [9.17, 15) is 9.90 Å². The van der Waals surface area contributed by atoms with Crippen LogP contribution in [0.5, 0.6) is 0 Å². The molecule has 1 aromatic carbocycles. The minimum absolute atomic E-state index is 0. The highest BCUT2D eigenvalue weighted by molar-refractivity contribution is 6.31. The summed E-state index contributed by atoms with van der Waals surface area (Å²) < 4.78 is 0. The van der Waals surface area contributed by atoms with E-state index in [2.05, 4.69) is 22.0 Å². The van der Waals surface area contributed by atoms with Gasteiger partial charge in [-0.3, -0.25) is 9.69 Å². The molecule has 1 atom stereocenters. The molecule has 154 valence electrons. The number of H-pyrrole nitrogens is 1. The number of aromatic amines is 1. The third-order valence-electron chi connectivity index (χ3n) is 5.77. The normalized spacial score (nSPS) is 15.5. The molecule has 1 aromatic heterocycles. The van der Waals surface area contributed by atoms with Gasteiger partial charge in [-0.15, -0.1) is 12.4 Å². The van der Waals surface area contributed by atoms with E-state index >= 15 is 0 Å². The summed E-state index contributed by atoms with van der Waals surface area (Å²) in [6.07, 6.45) is 6.62. The van der Waals surface area contributed by atoms with E-state index in [0.717, 1.165) is 43.8 Å². The summed E-state index contributed by atoms with van der Waals surface area (Å²) in [6.45, 7) is 5.54. The van der Waals surface area contributed by atoms with Crippen LogP contribution in [0.25, 0.3) is 0 Å². The van der Waals surface area contributed by atoms with Crippen molar-refractivity contribution in [3.63, 3.8) is 0 Å². The predicted molar refractivity (Wildman–Crippen MR) is 116 cm³/mol. The van der Waals surface area contributed by atoms with Gasteiger partial charge in [-0.1, -0.05) is 42.6 Å². The summed E-state index contributed by atoms with van der Waals surface area (Å²) in [6, 6.07) is 10.5. The van der Waals surface area contributed by atoms with Gasteiger partial charge in [0.2, 0.25) is 0 Å². The van der Waals surface area contributed by atoms with Gasteiger partial charge in [-0.05, 0) is 49.9 Å². The van der Waals surface area contributed by atoms with Crippen molar-refractivity contribution in [3.8, 4) is 0 Å². The number of halogens is 2. The molecule has 2 heterocycles. The van der Waals surface area contributed by atoms with Crippen LogP contribution in [0.3, 0.4) is 0 Å². The molecular formula is C22H30Cl2N2O2. The Morgan fingerprint density at radius 1 is 1.29 bits per heavy atom. The summed E-state index contributed by atoms with van der Waals surface area (Å²) >= 11 is 6.53. The smallest absolute Gasteiger partial charge is 0.309 e. The Kier molecular flexibility index (Phi) is 7.99. The lowest BCUT2D eigenvalue weighted by atomic mass is 9.86. The van der Waals surface area contributed by atoms with E-state index in [1.807, 2.05) is 24.4 Å². The molecule has 0 fully saturated rings. The van der Waals surface area contributed by atoms with Crippen LogP contribution in [-0.4, -0.2) is 27.5 Å². The van der Waals surface area contributed by atoms with E-state index in [-0.39, 0.29) is 18.4 Å². The molecule has 0 radical (unpaired) electrons. The Bertz CT molecular complexity index is 788. The molecule has 3 rings (SSSR count). The number of benzene rings is 1. The van der Waals surface area contributed by atoms with Crippen molar-refractivity contribution in [2.75, 3.05) is 6.54 Å². The topological polar surface area (TPSA) is 56.3 Å². The highest BCUT2D eigenvalue weighted by Gasteiger charge is 2.28. The minimum atomic E-state index is -0.721. The second kappa shape index (κ2) is 9.82. The van der Waals surface area contributed by atoms with Gasteiger partial charge in [0.15, 0.2) is 0 Å². The maximum absolute atomic E-state index is 11.3. The molecule has 0 saturated carbocycles. The molecule has 0 spiro atoms. The maximum atomic E-state index is 11.3. The first kappa shape index (κ1) is 22.8. The average molecular weight is 425 g/mol. The van der Waals surface area contributed by atoms with Crippen LogP contribution in [0, 0.1) is 5.41 Å². The first-order chi connectivity index (χ1) is 12.9. The fraction of sp³-hybridized carbons (Fsp3) is 0.500. The Morgan fingerprint density at radius 3 is 2.75 bits per heavy atom. The van der Waals surface area contributed by atoms with Crippen molar-refractivity contribution in [2.24, 2.45) is 5.41 Å². The van der Waals surface area contributed by atoms with Gasteiger partial charge >= 0.3 is 5.97 Å². The fourth-order valence-electron chi connectivity index (χ4n) is 3.93. The first-order valence-electron chi connectivity index (χ1n) is 9.75. The van der Waals surface area contributed by atoms with Gasteiger partial charge in [-0.2, -0.15) is 0 Å². The number of carboxylic acids is 1. The van der Waals surface area contributed by atoms with Crippen LogP contribution in [0.4, 0.5) is 0 Å². The predicted octanol–water partition coefficient (Wildman–Crippen LogP) is 5.86. The zero-order valence-corrected chi connectivity index (χ0v) is 18.2. The number of rotatable bonds is 8. The minimum Gasteiger partial charge on any atom is -0.481 e. The second-order valence-electron chi connectivity index (χ2n) is 8.17. The van der Waals surface area contributed by atoms with E-state index in [4.69, 9.17) is 11.6 Å². The largest absolute Gasteiger partial charge is 0.481 e. The maximum Gasteiger partial charge on any atom is 0.309 e. The molecule has 28 heavy (non-hydrogen) atoms. The zero-order valence-electron chi connectivity index (χ0n) is 16.6. The summed E-state index contributed by atoms with van der Waals surface area (Å²) in [5.41, 5.74) is 3.22. The van der Waals surface area contributed by atoms with Gasteiger partial charge in [0.25, 0.3) is 0 Å². The lowest BCUT2D eigenvalue weighted by Gasteiger charge is -2.35. The number of carboxylic acid groups (broad SMARTS) is 1. The molecule has 1 aliphatic heterocycles. The quantitative estimate of drug-likeness (QED) is 0.521. The molecule has 1 unspecified atom stereocenters. The number of aromatic nitrogens is 1. The molecule has 0 amide bonds. The van der Waals surface area contributed by atoms with Crippen molar-refractivity contribution in [2.45, 2.75) is 58.5 Å². The molecule has 4 nitrogen and oxygen atoms in total. The number of carbonyl (C=O) groups is 1. The van der Waals surface area contributed by atoms with E-state index in [1.54, 1.807) is 13.8 Å². The molecule has 2 aromatic rings. The third kappa shape index (κ3) is 5.31. The summed E-state index contributed by atoms with van der Waals surface area (Å²) in [7, 11) is 0. The highest BCUT2D eigenvalue weighted by atomic mass is 35.5. The van der Waals surface area contributed by atoms with Crippen molar-refractivity contribution in [3.05, 3.63) is 58.4 Å². The molecule has 0 saturated heterocycles. The Labute approximate surface area is 178 Å². The SMILES string of the molecule is CC(C)(CCCCC(c1ccccc1Cl)N1CCc2[nH]ccc2C1)C(=O)O.Cl. The standard InChI is InChI=1S/C22H29ClN2O2.ClH/c1-22(2,21(26)27)12-6-5-9-20(17-7-3-4-8-18(17)23)25-14-11-19-16(15-25)10-13-24-19;/h3-4,7-8,10,13,20,24H,5-6,9,11-12,14-15H2,1-2H3,(H,26,27);1H. The lowest BCUT2D eigenvalue weighted by Crippen LogP contribution is -2.34. The van der Waals surface area contributed by atoms with Crippen LogP contribution in [0.2, 0.25) is 5.02 Å². The van der Waals surface area contributed by atoms with Gasteiger partial charge in [-0.25, -0.2) is 0 Å². The molecule has 0 aliphatic carbocycles. The Balaban J connectivity index is 0.00000280. The van der Waals surface area contributed by atoms with Crippen LogP contribution in [0.15, 0.2) is 36.5 Å². The van der Waals surface area contributed by atoms with Crippen molar-refractivity contribution in [1.82, 2.24) is 9.88 Å². The average Bonchev–Trinajstić information content (AvgIpc) is 3.10. The Morgan fingerprint density at radius 2 is 2.04 bits per heavy atom.